The molecule has 0 unspecified atom stereocenters. The predicted molar refractivity (Wildman–Crippen MR) is 294 cm³/mol. The Morgan fingerprint density at radius 3 is 1.04 bits per heavy atom. The number of hydrogen-bond donors (Lipinski definition) is 0. The van der Waals surface area contributed by atoms with E-state index < -0.39 is 5.41 Å². The zero-order chi connectivity index (χ0) is 49.0. The highest BCUT2D eigenvalue weighted by atomic mass is 16.5. The maximum atomic E-state index is 6.84. The minimum Gasteiger partial charge on any atom is -0.457 e. The van der Waals surface area contributed by atoms with Crippen LogP contribution in [0, 0.1) is 0 Å². The SMILES string of the molecule is c1ccc(-c2ccc(-c3nc(-c4ccc(-c5ccccc5)cc4)nc(-c4ccc5c(c4)C4(c6ccccc6Oc6ccccc64)c4c(-c6nc(-c7ccccc7)nc(-c7ccccc7)n6)cccc4-5)n3)cc2)cc1. The summed E-state index contributed by atoms with van der Waals surface area (Å²) in [5, 5.41) is 0. The molecule has 0 atom stereocenters. The summed E-state index contributed by atoms with van der Waals surface area (Å²) in [5.41, 5.74) is 15.3. The van der Waals surface area contributed by atoms with Crippen LogP contribution in [-0.2, 0) is 5.41 Å². The van der Waals surface area contributed by atoms with Crippen molar-refractivity contribution in [3.05, 3.63) is 277 Å². The quantitative estimate of drug-likeness (QED) is 0.150. The molecule has 74 heavy (non-hydrogen) atoms. The molecule has 1 aliphatic heterocycles. The predicted octanol–water partition coefficient (Wildman–Crippen LogP) is 15.9. The van der Waals surface area contributed by atoms with Gasteiger partial charge >= 0.3 is 0 Å². The van der Waals surface area contributed by atoms with Crippen LogP contribution in [0.2, 0.25) is 0 Å². The second-order valence-corrected chi connectivity index (χ2v) is 18.6. The van der Waals surface area contributed by atoms with Gasteiger partial charge in [0.05, 0.1) is 5.41 Å². The first-order valence-electron chi connectivity index (χ1n) is 24.8. The van der Waals surface area contributed by atoms with E-state index in [1.54, 1.807) is 0 Å². The Morgan fingerprint density at radius 2 is 0.568 bits per heavy atom. The molecule has 0 fully saturated rings. The van der Waals surface area contributed by atoms with Gasteiger partial charge in [-0.2, -0.15) is 0 Å². The molecule has 0 radical (unpaired) electrons. The normalized spacial score (nSPS) is 12.5. The molecule has 14 rings (SSSR count). The van der Waals surface area contributed by atoms with E-state index in [1.165, 1.54) is 0 Å². The standard InChI is InChI=1S/C67H42N6O/c1-5-18-43(19-6-1)45-32-36-49(37-33-45)63-69-64(50-38-34-46(35-39-50)44-20-7-2-8-21-44)71-65(70-63)51-40-41-52-53-26-17-27-54(66-72-61(47-22-9-3-10-23-47)68-62(73-66)48-24-11-4-12-25-48)60(53)67(57(52)42-51)55-28-13-15-30-58(55)74-59-31-16-14-29-56(59)67/h1-42H. The number of nitrogens with zero attached hydrogens (tertiary/aromatic N) is 6. The maximum absolute atomic E-state index is 6.84. The number of para-hydroxylation sites is 2. The van der Waals surface area contributed by atoms with Crippen molar-refractivity contribution in [3.63, 3.8) is 0 Å². The number of benzene rings is 10. The highest BCUT2D eigenvalue weighted by Gasteiger charge is 2.52. The summed E-state index contributed by atoms with van der Waals surface area (Å²) in [7, 11) is 0. The Labute approximate surface area is 428 Å². The van der Waals surface area contributed by atoms with Gasteiger partial charge in [0.15, 0.2) is 34.9 Å². The largest absolute Gasteiger partial charge is 0.457 e. The molecule has 0 N–H and O–H groups in total. The zero-order valence-corrected chi connectivity index (χ0v) is 39.8. The third kappa shape index (κ3) is 7.21. The van der Waals surface area contributed by atoms with E-state index in [-0.39, 0.29) is 0 Å². The van der Waals surface area contributed by atoms with Gasteiger partial charge in [-0.1, -0.05) is 237 Å². The Kier molecular flexibility index (Phi) is 10.3. The Morgan fingerprint density at radius 1 is 0.230 bits per heavy atom. The molecule has 0 bridgehead atoms. The number of fused-ring (bicyclic) bond motifs is 9. The summed E-state index contributed by atoms with van der Waals surface area (Å²) in [6.07, 6.45) is 0. The van der Waals surface area contributed by atoms with Gasteiger partial charge in [0.2, 0.25) is 0 Å². The van der Waals surface area contributed by atoms with E-state index >= 15 is 0 Å². The minimum atomic E-state index is -0.894. The lowest BCUT2D eigenvalue weighted by Gasteiger charge is -2.40. The summed E-state index contributed by atoms with van der Waals surface area (Å²) in [4.78, 5) is 31.6. The first-order chi connectivity index (χ1) is 36.7. The van der Waals surface area contributed by atoms with E-state index in [0.29, 0.717) is 34.9 Å². The first kappa shape index (κ1) is 42.9. The van der Waals surface area contributed by atoms with Gasteiger partial charge in [-0.3, -0.25) is 0 Å². The van der Waals surface area contributed by atoms with Crippen LogP contribution in [0.5, 0.6) is 11.5 Å². The molecule has 2 aliphatic rings. The molecule has 1 aliphatic carbocycles. The average molecular weight is 947 g/mol. The highest BCUT2D eigenvalue weighted by Crippen LogP contribution is 2.64. The molecular weight excluding hydrogens is 905 g/mol. The third-order valence-corrected chi connectivity index (χ3v) is 14.3. The monoisotopic (exact) mass is 946 g/mol. The molecule has 10 aromatic carbocycles. The Hall–Kier alpha value is -9.98. The molecular formula is C67H42N6O. The van der Waals surface area contributed by atoms with Crippen LogP contribution in [0.1, 0.15) is 22.3 Å². The van der Waals surface area contributed by atoms with E-state index in [1.807, 2.05) is 84.9 Å². The van der Waals surface area contributed by atoms with Gasteiger partial charge in [0, 0.05) is 44.5 Å². The van der Waals surface area contributed by atoms with Crippen molar-refractivity contribution in [1.29, 1.82) is 0 Å². The van der Waals surface area contributed by atoms with Gasteiger partial charge in [-0.05, 0) is 62.7 Å². The van der Waals surface area contributed by atoms with Gasteiger partial charge in [0.1, 0.15) is 11.5 Å². The lowest BCUT2D eigenvalue weighted by Crippen LogP contribution is -2.32. The lowest BCUT2D eigenvalue weighted by atomic mass is 9.65. The van der Waals surface area contributed by atoms with Crippen molar-refractivity contribution >= 4 is 0 Å². The summed E-state index contributed by atoms with van der Waals surface area (Å²) in [6.45, 7) is 0. The number of rotatable bonds is 8. The Balaban J connectivity index is 0.994. The summed E-state index contributed by atoms with van der Waals surface area (Å²) >= 11 is 0. The van der Waals surface area contributed by atoms with E-state index in [2.05, 4.69) is 170 Å². The summed E-state index contributed by atoms with van der Waals surface area (Å²) in [6, 6.07) is 88.0. The number of aromatic nitrogens is 6. The molecule has 2 aromatic heterocycles. The van der Waals surface area contributed by atoms with Crippen LogP contribution < -0.4 is 4.74 Å². The fraction of sp³-hybridized carbons (Fsp3) is 0.0149. The number of ether oxygens (including phenoxy) is 1. The second-order valence-electron chi connectivity index (χ2n) is 18.6. The lowest BCUT2D eigenvalue weighted by molar-refractivity contribution is 0.436. The number of hydrogen-bond acceptors (Lipinski definition) is 7. The summed E-state index contributed by atoms with van der Waals surface area (Å²) in [5.74, 6) is 5.04. The van der Waals surface area contributed by atoms with Crippen molar-refractivity contribution in [2.45, 2.75) is 5.41 Å². The van der Waals surface area contributed by atoms with Crippen LogP contribution in [0.4, 0.5) is 0 Å². The molecule has 0 amide bonds. The van der Waals surface area contributed by atoms with E-state index in [4.69, 9.17) is 34.6 Å². The Bertz CT molecular complexity index is 3870. The molecule has 0 saturated carbocycles. The van der Waals surface area contributed by atoms with Crippen molar-refractivity contribution in [3.8, 4) is 113 Å². The fourth-order valence-electron chi connectivity index (χ4n) is 10.9. The van der Waals surface area contributed by atoms with Crippen molar-refractivity contribution < 1.29 is 4.74 Å². The van der Waals surface area contributed by atoms with Gasteiger partial charge in [-0.25, -0.2) is 29.9 Å². The molecule has 12 aromatic rings. The minimum absolute atomic E-state index is 0.560. The van der Waals surface area contributed by atoms with Gasteiger partial charge < -0.3 is 4.74 Å². The van der Waals surface area contributed by atoms with Crippen molar-refractivity contribution in [1.82, 2.24) is 29.9 Å². The second kappa shape index (κ2) is 17.7. The molecule has 7 heteroatoms. The molecule has 3 heterocycles. The molecule has 1 spiro atoms. The van der Waals surface area contributed by atoms with Gasteiger partial charge in [0.25, 0.3) is 0 Å². The highest BCUT2D eigenvalue weighted by molar-refractivity contribution is 5.94. The van der Waals surface area contributed by atoms with Crippen molar-refractivity contribution in [2.24, 2.45) is 0 Å². The maximum Gasteiger partial charge on any atom is 0.164 e. The molecule has 346 valence electrons. The van der Waals surface area contributed by atoms with E-state index in [9.17, 15) is 0 Å². The van der Waals surface area contributed by atoms with Crippen LogP contribution in [0.25, 0.3) is 102 Å². The molecule has 0 saturated heterocycles. The zero-order valence-electron chi connectivity index (χ0n) is 39.8. The fourth-order valence-corrected chi connectivity index (χ4v) is 10.9. The van der Waals surface area contributed by atoms with Crippen LogP contribution in [-0.4, -0.2) is 29.9 Å². The third-order valence-electron chi connectivity index (χ3n) is 14.3. The van der Waals surface area contributed by atoms with Gasteiger partial charge in [-0.15, -0.1) is 0 Å². The van der Waals surface area contributed by atoms with E-state index in [0.717, 1.165) is 101 Å². The molecule has 7 nitrogen and oxygen atoms in total. The first-order valence-corrected chi connectivity index (χ1v) is 24.8. The van der Waals surface area contributed by atoms with Crippen LogP contribution in [0.3, 0.4) is 0 Å². The van der Waals surface area contributed by atoms with Crippen LogP contribution in [0.15, 0.2) is 255 Å². The average Bonchev–Trinajstić information content (AvgIpc) is 3.80. The summed E-state index contributed by atoms with van der Waals surface area (Å²) < 4.78 is 6.84. The topological polar surface area (TPSA) is 86.6 Å². The smallest absolute Gasteiger partial charge is 0.164 e. The van der Waals surface area contributed by atoms with Crippen LogP contribution >= 0.6 is 0 Å². The van der Waals surface area contributed by atoms with Crippen molar-refractivity contribution in [2.75, 3.05) is 0 Å².